The van der Waals surface area contributed by atoms with E-state index in [1.54, 1.807) is 18.2 Å². The second-order valence-corrected chi connectivity index (χ2v) is 5.85. The van der Waals surface area contributed by atoms with Crippen LogP contribution in [0.15, 0.2) is 53.4 Å². The van der Waals surface area contributed by atoms with Crippen molar-refractivity contribution in [1.82, 2.24) is 0 Å². The van der Waals surface area contributed by atoms with Crippen LogP contribution in [0.3, 0.4) is 0 Å². The van der Waals surface area contributed by atoms with Gasteiger partial charge in [-0.15, -0.1) is 11.8 Å². The molecule has 0 saturated heterocycles. The van der Waals surface area contributed by atoms with Crippen LogP contribution in [0.4, 0.5) is 11.4 Å². The maximum absolute atomic E-state index is 12.5. The van der Waals surface area contributed by atoms with Crippen LogP contribution in [0.2, 0.25) is 0 Å². The maximum atomic E-state index is 12.5. The zero-order chi connectivity index (χ0) is 16.7. The van der Waals surface area contributed by atoms with Crippen molar-refractivity contribution >= 4 is 35.0 Å². The lowest BCUT2D eigenvalue weighted by molar-refractivity contribution is -0.116. The molecule has 0 atom stereocenters. The molecule has 2 aromatic carbocycles. The topological polar surface area (TPSA) is 58.2 Å². The summed E-state index contributed by atoms with van der Waals surface area (Å²) in [6.45, 7) is 1.95. The molecule has 2 amide bonds. The van der Waals surface area contributed by atoms with Gasteiger partial charge in [-0.2, -0.15) is 0 Å². The molecule has 0 spiro atoms. The van der Waals surface area contributed by atoms with Crippen LogP contribution >= 0.6 is 11.8 Å². The number of carbonyl (C=O) groups excluding carboxylic acids is 2. The van der Waals surface area contributed by atoms with Gasteiger partial charge in [0.2, 0.25) is 5.91 Å². The smallest absolute Gasteiger partial charge is 0.256 e. The van der Waals surface area contributed by atoms with Gasteiger partial charge in [0.15, 0.2) is 0 Å². The predicted octanol–water partition coefficient (Wildman–Crippen LogP) is 4.40. The molecule has 2 aromatic rings. The summed E-state index contributed by atoms with van der Waals surface area (Å²) in [6, 6.07) is 14.7. The standard InChI is InChI=1S/C18H20N2O2S/c1-3-8-17(21)19-14-10-5-6-11-15(14)20-18(22)13-9-4-7-12-16(13)23-2/h4-7,9-12H,3,8H2,1-2H3,(H,19,21)(H,20,22). The lowest BCUT2D eigenvalue weighted by atomic mass is 10.2. The summed E-state index contributed by atoms with van der Waals surface area (Å²) in [4.78, 5) is 25.2. The first-order valence-corrected chi connectivity index (χ1v) is 8.71. The second-order valence-electron chi connectivity index (χ2n) is 5.00. The molecule has 0 heterocycles. The van der Waals surface area contributed by atoms with Crippen molar-refractivity contribution in [3.8, 4) is 0 Å². The van der Waals surface area contributed by atoms with Crippen LogP contribution in [-0.2, 0) is 4.79 Å². The normalized spacial score (nSPS) is 10.2. The molecule has 2 rings (SSSR count). The molecule has 2 N–H and O–H groups in total. The molecule has 0 aromatic heterocycles. The molecule has 0 aliphatic heterocycles. The highest BCUT2D eigenvalue weighted by atomic mass is 32.2. The largest absolute Gasteiger partial charge is 0.324 e. The summed E-state index contributed by atoms with van der Waals surface area (Å²) in [7, 11) is 0. The van der Waals surface area contributed by atoms with Crippen LogP contribution in [0, 0.1) is 0 Å². The highest BCUT2D eigenvalue weighted by Crippen LogP contribution is 2.25. The Morgan fingerprint density at radius 1 is 0.957 bits per heavy atom. The van der Waals surface area contributed by atoms with Crippen molar-refractivity contribution in [3.63, 3.8) is 0 Å². The average Bonchev–Trinajstić information content (AvgIpc) is 2.56. The van der Waals surface area contributed by atoms with E-state index in [-0.39, 0.29) is 11.8 Å². The Labute approximate surface area is 140 Å². The van der Waals surface area contributed by atoms with Crippen molar-refractivity contribution < 1.29 is 9.59 Å². The fraction of sp³-hybridized carbons (Fsp3) is 0.222. The first-order valence-electron chi connectivity index (χ1n) is 7.49. The fourth-order valence-corrected chi connectivity index (χ4v) is 2.76. The number of para-hydroxylation sites is 2. The molecule has 0 aliphatic rings. The van der Waals surface area contributed by atoms with Crippen LogP contribution in [0.5, 0.6) is 0 Å². The lowest BCUT2D eigenvalue weighted by Gasteiger charge is -2.13. The van der Waals surface area contributed by atoms with Gasteiger partial charge in [0.25, 0.3) is 5.91 Å². The number of anilines is 2. The van der Waals surface area contributed by atoms with Gasteiger partial charge in [-0.3, -0.25) is 9.59 Å². The van der Waals surface area contributed by atoms with E-state index in [0.29, 0.717) is 23.4 Å². The molecule has 0 aliphatic carbocycles. The Balaban J connectivity index is 2.19. The molecule has 120 valence electrons. The molecule has 23 heavy (non-hydrogen) atoms. The SMILES string of the molecule is CCCC(=O)Nc1ccccc1NC(=O)c1ccccc1SC. The third-order valence-electron chi connectivity index (χ3n) is 3.28. The van der Waals surface area contributed by atoms with Gasteiger partial charge in [-0.1, -0.05) is 31.2 Å². The first-order chi connectivity index (χ1) is 11.2. The molecule has 5 heteroatoms. The molecule has 0 fully saturated rings. The number of thioether (sulfide) groups is 1. The van der Waals surface area contributed by atoms with Gasteiger partial charge in [-0.25, -0.2) is 0 Å². The third-order valence-corrected chi connectivity index (χ3v) is 4.07. The van der Waals surface area contributed by atoms with Crippen molar-refractivity contribution in [3.05, 3.63) is 54.1 Å². The minimum atomic E-state index is -0.188. The summed E-state index contributed by atoms with van der Waals surface area (Å²) in [6.07, 6.45) is 3.17. The van der Waals surface area contributed by atoms with Gasteiger partial charge >= 0.3 is 0 Å². The minimum absolute atomic E-state index is 0.0567. The van der Waals surface area contributed by atoms with Crippen molar-refractivity contribution in [2.75, 3.05) is 16.9 Å². The average molecular weight is 328 g/mol. The quantitative estimate of drug-likeness (QED) is 0.773. The molecular formula is C18H20N2O2S. The van der Waals surface area contributed by atoms with Crippen molar-refractivity contribution in [1.29, 1.82) is 0 Å². The van der Waals surface area contributed by atoms with Gasteiger partial charge in [0.1, 0.15) is 0 Å². The molecular weight excluding hydrogens is 308 g/mol. The minimum Gasteiger partial charge on any atom is -0.324 e. The van der Waals surface area contributed by atoms with Crippen LogP contribution < -0.4 is 10.6 Å². The van der Waals surface area contributed by atoms with E-state index >= 15 is 0 Å². The van der Waals surface area contributed by atoms with Gasteiger partial charge in [0.05, 0.1) is 16.9 Å². The Bertz CT molecular complexity index is 701. The number of amides is 2. The highest BCUT2D eigenvalue weighted by Gasteiger charge is 2.13. The zero-order valence-electron chi connectivity index (χ0n) is 13.3. The third kappa shape index (κ3) is 4.60. The fourth-order valence-electron chi connectivity index (χ4n) is 2.16. The Hall–Kier alpha value is -2.27. The van der Waals surface area contributed by atoms with Crippen LogP contribution in [-0.4, -0.2) is 18.1 Å². The summed E-state index contributed by atoms with van der Waals surface area (Å²) in [5, 5.41) is 5.72. The van der Waals surface area contributed by atoms with Crippen molar-refractivity contribution in [2.24, 2.45) is 0 Å². The van der Waals surface area contributed by atoms with E-state index in [2.05, 4.69) is 10.6 Å². The second kappa shape index (κ2) is 8.39. The summed E-state index contributed by atoms with van der Waals surface area (Å²) < 4.78 is 0. The number of rotatable bonds is 6. The molecule has 0 unspecified atom stereocenters. The van der Waals surface area contributed by atoms with E-state index in [1.165, 1.54) is 11.8 Å². The Morgan fingerprint density at radius 2 is 1.57 bits per heavy atom. The number of nitrogens with one attached hydrogen (secondary N) is 2. The van der Waals surface area contributed by atoms with Gasteiger partial charge in [-0.05, 0) is 36.9 Å². The number of benzene rings is 2. The van der Waals surface area contributed by atoms with E-state index in [1.807, 2.05) is 43.5 Å². The maximum Gasteiger partial charge on any atom is 0.256 e. The lowest BCUT2D eigenvalue weighted by Crippen LogP contribution is -2.16. The van der Waals surface area contributed by atoms with Crippen LogP contribution in [0.1, 0.15) is 30.1 Å². The molecule has 4 nitrogen and oxygen atoms in total. The predicted molar refractivity (Wildman–Crippen MR) is 96.2 cm³/mol. The monoisotopic (exact) mass is 328 g/mol. The highest BCUT2D eigenvalue weighted by molar-refractivity contribution is 7.98. The van der Waals surface area contributed by atoms with Gasteiger partial charge in [0, 0.05) is 11.3 Å². The van der Waals surface area contributed by atoms with E-state index in [9.17, 15) is 9.59 Å². The molecule has 0 bridgehead atoms. The Morgan fingerprint density at radius 3 is 2.22 bits per heavy atom. The van der Waals surface area contributed by atoms with E-state index in [0.717, 1.165) is 11.3 Å². The van der Waals surface area contributed by atoms with E-state index in [4.69, 9.17) is 0 Å². The molecule has 0 radical (unpaired) electrons. The number of carbonyl (C=O) groups is 2. The number of hydrogen-bond donors (Lipinski definition) is 2. The van der Waals surface area contributed by atoms with Crippen LogP contribution in [0.25, 0.3) is 0 Å². The Kier molecular flexibility index (Phi) is 6.23. The van der Waals surface area contributed by atoms with Gasteiger partial charge < -0.3 is 10.6 Å². The molecule has 0 saturated carbocycles. The van der Waals surface area contributed by atoms with E-state index < -0.39 is 0 Å². The zero-order valence-corrected chi connectivity index (χ0v) is 14.1. The van der Waals surface area contributed by atoms with Crippen molar-refractivity contribution in [2.45, 2.75) is 24.7 Å². The first kappa shape index (κ1) is 17.1. The summed E-state index contributed by atoms with van der Waals surface area (Å²) in [5.74, 6) is -0.245. The summed E-state index contributed by atoms with van der Waals surface area (Å²) >= 11 is 1.53. The number of hydrogen-bond acceptors (Lipinski definition) is 3. The summed E-state index contributed by atoms with van der Waals surface area (Å²) in [5.41, 5.74) is 1.83.